The summed E-state index contributed by atoms with van der Waals surface area (Å²) in [6, 6.07) is 14.5. The summed E-state index contributed by atoms with van der Waals surface area (Å²) in [4.78, 5) is 17.1. The van der Waals surface area contributed by atoms with E-state index in [1.165, 1.54) is 16.3 Å². The van der Waals surface area contributed by atoms with Gasteiger partial charge in [0.05, 0.1) is 5.71 Å². The van der Waals surface area contributed by atoms with Crippen LogP contribution in [0.1, 0.15) is 12.0 Å². The summed E-state index contributed by atoms with van der Waals surface area (Å²) >= 11 is 0. The fourth-order valence-electron chi connectivity index (χ4n) is 2.62. The smallest absolute Gasteiger partial charge is 0.264 e. The first-order valence-electron chi connectivity index (χ1n) is 7.35. The van der Waals surface area contributed by atoms with Gasteiger partial charge in [-0.25, -0.2) is 0 Å². The molecule has 1 amide bonds. The number of carbonyl (C=O) groups excluding carboxylic acids is 1. The Hall–Kier alpha value is -2.62. The maximum absolute atomic E-state index is 11.9. The largest absolute Gasteiger partial charge is 0.382 e. The van der Waals surface area contributed by atoms with E-state index in [4.69, 9.17) is 4.84 Å². The van der Waals surface area contributed by atoms with Crippen molar-refractivity contribution in [2.75, 3.05) is 6.54 Å². The minimum atomic E-state index is -0.523. The molecule has 3 rings (SSSR count). The van der Waals surface area contributed by atoms with Gasteiger partial charge in [-0.3, -0.25) is 4.79 Å². The molecule has 0 spiro atoms. The molecule has 2 aromatic carbocycles. The van der Waals surface area contributed by atoms with Crippen molar-refractivity contribution in [2.24, 2.45) is 5.16 Å². The minimum absolute atomic E-state index is 0.142. The first-order valence-corrected chi connectivity index (χ1v) is 7.35. The molecule has 0 aromatic heterocycles. The lowest BCUT2D eigenvalue weighted by Gasteiger charge is -2.08. The summed E-state index contributed by atoms with van der Waals surface area (Å²) in [6.45, 7) is 4.02. The fraction of sp³-hybridized carbons (Fsp3) is 0.222. The third-order valence-electron chi connectivity index (χ3n) is 3.72. The van der Waals surface area contributed by atoms with E-state index < -0.39 is 6.10 Å². The topological polar surface area (TPSA) is 50.7 Å². The fourth-order valence-corrected chi connectivity index (χ4v) is 2.62. The molecule has 0 radical (unpaired) electrons. The van der Waals surface area contributed by atoms with Crippen molar-refractivity contribution in [1.82, 2.24) is 5.32 Å². The summed E-state index contributed by atoms with van der Waals surface area (Å²) in [5.74, 6) is -0.142. The maximum Gasteiger partial charge on any atom is 0.264 e. The highest BCUT2D eigenvalue weighted by Crippen LogP contribution is 2.22. The quantitative estimate of drug-likeness (QED) is 0.862. The van der Waals surface area contributed by atoms with Gasteiger partial charge < -0.3 is 10.2 Å². The predicted octanol–water partition coefficient (Wildman–Crippen LogP) is 2.83. The van der Waals surface area contributed by atoms with Crippen LogP contribution in [0.4, 0.5) is 0 Å². The van der Waals surface area contributed by atoms with Gasteiger partial charge in [0.25, 0.3) is 5.91 Å². The Labute approximate surface area is 129 Å². The first-order chi connectivity index (χ1) is 10.8. The summed E-state index contributed by atoms with van der Waals surface area (Å²) in [7, 11) is 0. The molecule has 1 N–H and O–H groups in total. The molecule has 1 aliphatic rings. The second kappa shape index (κ2) is 6.43. The van der Waals surface area contributed by atoms with E-state index in [1.807, 2.05) is 18.2 Å². The van der Waals surface area contributed by atoms with Gasteiger partial charge in [0, 0.05) is 19.4 Å². The molecule has 4 nitrogen and oxygen atoms in total. The number of fused-ring (bicyclic) bond motifs is 1. The molecular formula is C18H18N2O2. The Morgan fingerprint density at radius 2 is 2.14 bits per heavy atom. The molecule has 22 heavy (non-hydrogen) atoms. The summed E-state index contributed by atoms with van der Waals surface area (Å²) in [5, 5.41) is 9.23. The zero-order valence-corrected chi connectivity index (χ0v) is 12.3. The lowest BCUT2D eigenvalue weighted by Crippen LogP contribution is -2.34. The molecule has 1 aliphatic heterocycles. The molecular weight excluding hydrogens is 276 g/mol. The van der Waals surface area contributed by atoms with Crippen LogP contribution in [0, 0.1) is 0 Å². The molecule has 0 saturated heterocycles. The molecule has 1 heterocycles. The monoisotopic (exact) mass is 294 g/mol. The highest BCUT2D eigenvalue weighted by Gasteiger charge is 2.27. The number of oxime groups is 1. The Morgan fingerprint density at radius 3 is 3.00 bits per heavy atom. The molecule has 0 bridgehead atoms. The number of hydrogen-bond donors (Lipinski definition) is 1. The Bertz CT molecular complexity index is 731. The van der Waals surface area contributed by atoms with E-state index in [9.17, 15) is 4.79 Å². The van der Waals surface area contributed by atoms with E-state index in [0.717, 1.165) is 5.71 Å². The van der Waals surface area contributed by atoms with Crippen LogP contribution in [0.5, 0.6) is 0 Å². The number of amides is 1. The predicted molar refractivity (Wildman–Crippen MR) is 87.8 cm³/mol. The van der Waals surface area contributed by atoms with Gasteiger partial charge in [-0.05, 0) is 16.3 Å². The number of rotatable bonds is 5. The zero-order valence-electron chi connectivity index (χ0n) is 12.3. The average molecular weight is 294 g/mol. The average Bonchev–Trinajstić information content (AvgIpc) is 3.01. The summed E-state index contributed by atoms with van der Waals surface area (Å²) in [6.07, 6.45) is 2.36. The number of nitrogens with zero attached hydrogens (tertiary/aromatic N) is 1. The summed E-state index contributed by atoms with van der Waals surface area (Å²) in [5.41, 5.74) is 2.10. The molecule has 4 heteroatoms. The zero-order chi connectivity index (χ0) is 15.4. The van der Waals surface area contributed by atoms with E-state index >= 15 is 0 Å². The lowest BCUT2D eigenvalue weighted by molar-refractivity contribution is -0.130. The van der Waals surface area contributed by atoms with Crippen LogP contribution < -0.4 is 5.32 Å². The second-order valence-corrected chi connectivity index (χ2v) is 5.30. The first kappa shape index (κ1) is 14.3. The van der Waals surface area contributed by atoms with Crippen molar-refractivity contribution < 1.29 is 9.63 Å². The van der Waals surface area contributed by atoms with E-state index in [2.05, 4.69) is 41.3 Å². The molecule has 2 aromatic rings. The van der Waals surface area contributed by atoms with E-state index in [-0.39, 0.29) is 5.91 Å². The van der Waals surface area contributed by atoms with Crippen molar-refractivity contribution in [3.8, 4) is 0 Å². The Morgan fingerprint density at radius 1 is 1.32 bits per heavy atom. The van der Waals surface area contributed by atoms with Crippen molar-refractivity contribution in [3.05, 3.63) is 60.7 Å². The standard InChI is InChI=1S/C18H18N2O2/c1-2-10-19-18(21)17-12-15(20-22-17)11-14-8-5-7-13-6-3-4-9-16(13)14/h2-9,17H,1,10-12H2,(H,19,21)/t17-/m0/s1. The van der Waals surface area contributed by atoms with Crippen LogP contribution >= 0.6 is 0 Å². The number of hydrogen-bond acceptors (Lipinski definition) is 3. The Balaban J connectivity index is 1.69. The molecule has 1 atom stereocenters. The molecule has 112 valence electrons. The van der Waals surface area contributed by atoms with Gasteiger partial charge in [-0.15, -0.1) is 6.58 Å². The third-order valence-corrected chi connectivity index (χ3v) is 3.72. The van der Waals surface area contributed by atoms with Gasteiger partial charge in [0.2, 0.25) is 6.10 Å². The lowest BCUT2D eigenvalue weighted by atomic mass is 9.98. The van der Waals surface area contributed by atoms with Crippen LogP contribution in [0.2, 0.25) is 0 Å². The molecule has 0 saturated carbocycles. The van der Waals surface area contributed by atoms with E-state index in [0.29, 0.717) is 19.4 Å². The third kappa shape index (κ3) is 3.01. The van der Waals surface area contributed by atoms with Crippen LogP contribution in [-0.2, 0) is 16.1 Å². The van der Waals surface area contributed by atoms with Gasteiger partial charge in [-0.2, -0.15) is 0 Å². The summed E-state index contributed by atoms with van der Waals surface area (Å²) < 4.78 is 0. The van der Waals surface area contributed by atoms with Crippen LogP contribution in [0.25, 0.3) is 10.8 Å². The molecule has 0 unspecified atom stereocenters. The van der Waals surface area contributed by atoms with Crippen LogP contribution in [0.3, 0.4) is 0 Å². The van der Waals surface area contributed by atoms with Crippen molar-refractivity contribution >= 4 is 22.4 Å². The Kier molecular flexibility index (Phi) is 4.19. The van der Waals surface area contributed by atoms with Gasteiger partial charge in [0.15, 0.2) is 0 Å². The van der Waals surface area contributed by atoms with Crippen LogP contribution in [-0.4, -0.2) is 24.3 Å². The normalized spacial score (nSPS) is 16.9. The minimum Gasteiger partial charge on any atom is -0.382 e. The van der Waals surface area contributed by atoms with Gasteiger partial charge >= 0.3 is 0 Å². The van der Waals surface area contributed by atoms with E-state index in [1.54, 1.807) is 6.08 Å². The van der Waals surface area contributed by atoms with Crippen LogP contribution in [0.15, 0.2) is 60.3 Å². The second-order valence-electron chi connectivity index (χ2n) is 5.30. The number of nitrogens with one attached hydrogen (secondary N) is 1. The molecule has 0 fully saturated rings. The SMILES string of the molecule is C=CCNC(=O)[C@@H]1CC(Cc2cccc3ccccc23)=NO1. The van der Waals surface area contributed by atoms with Gasteiger partial charge in [-0.1, -0.05) is 53.7 Å². The highest BCUT2D eigenvalue weighted by molar-refractivity contribution is 5.96. The van der Waals surface area contributed by atoms with Crippen molar-refractivity contribution in [1.29, 1.82) is 0 Å². The molecule has 0 aliphatic carbocycles. The number of carbonyl (C=O) groups is 1. The van der Waals surface area contributed by atoms with Gasteiger partial charge in [0.1, 0.15) is 0 Å². The van der Waals surface area contributed by atoms with Crippen molar-refractivity contribution in [3.63, 3.8) is 0 Å². The van der Waals surface area contributed by atoms with Crippen molar-refractivity contribution in [2.45, 2.75) is 18.9 Å². The number of benzene rings is 2. The highest BCUT2D eigenvalue weighted by atomic mass is 16.6. The maximum atomic E-state index is 11.9.